The predicted octanol–water partition coefficient (Wildman–Crippen LogP) is 3.30. The molecule has 1 atom stereocenters. The Hall–Kier alpha value is -3.22. The van der Waals surface area contributed by atoms with Crippen molar-refractivity contribution in [3.05, 3.63) is 53.6 Å². The smallest absolute Gasteiger partial charge is 0.338 e. The topological polar surface area (TPSA) is 77.1 Å². The Kier molecular flexibility index (Phi) is 6.59. The van der Waals surface area contributed by atoms with E-state index in [9.17, 15) is 9.59 Å². The molecule has 1 N–H and O–H groups in total. The number of hydrogen-bond donors (Lipinski definition) is 1. The monoisotopic (exact) mass is 398 g/mol. The van der Waals surface area contributed by atoms with Crippen LogP contribution in [0.1, 0.15) is 42.7 Å². The van der Waals surface area contributed by atoms with E-state index in [1.165, 1.54) is 0 Å². The average molecular weight is 398 g/mol. The molecule has 2 aromatic carbocycles. The van der Waals surface area contributed by atoms with Gasteiger partial charge in [-0.25, -0.2) is 4.79 Å². The van der Waals surface area contributed by atoms with Crippen LogP contribution >= 0.6 is 0 Å². The van der Waals surface area contributed by atoms with Crippen LogP contribution in [-0.2, 0) is 9.53 Å². The maximum absolute atomic E-state index is 12.2. The fourth-order valence-electron chi connectivity index (χ4n) is 3.16. The highest BCUT2D eigenvalue weighted by atomic mass is 16.7. The van der Waals surface area contributed by atoms with Crippen LogP contribution in [0.15, 0.2) is 42.5 Å². The third-order valence-electron chi connectivity index (χ3n) is 4.84. The van der Waals surface area contributed by atoms with Gasteiger partial charge in [-0.3, -0.25) is 4.79 Å². The molecule has 0 aromatic heterocycles. The highest BCUT2D eigenvalue weighted by molar-refractivity contribution is 5.91. The molecule has 0 saturated heterocycles. The number of carbonyl (C=O) groups excluding carboxylic acids is 2. The van der Waals surface area contributed by atoms with E-state index in [0.29, 0.717) is 17.1 Å². The van der Waals surface area contributed by atoms with Gasteiger partial charge in [-0.2, -0.15) is 0 Å². The van der Waals surface area contributed by atoms with Crippen LogP contribution < -0.4 is 19.7 Å². The highest BCUT2D eigenvalue weighted by Crippen LogP contribution is 2.34. The normalized spacial score (nSPS) is 12.9. The van der Waals surface area contributed by atoms with Gasteiger partial charge < -0.3 is 24.4 Å². The van der Waals surface area contributed by atoms with E-state index in [-0.39, 0.29) is 25.3 Å². The van der Waals surface area contributed by atoms with E-state index in [0.717, 1.165) is 24.3 Å². The third kappa shape index (κ3) is 4.99. The Bertz CT molecular complexity index is 862. The first-order chi connectivity index (χ1) is 14.0. The maximum atomic E-state index is 12.2. The summed E-state index contributed by atoms with van der Waals surface area (Å²) in [6.45, 7) is 7.65. The van der Waals surface area contributed by atoms with Gasteiger partial charge >= 0.3 is 5.97 Å². The van der Waals surface area contributed by atoms with Gasteiger partial charge in [-0.1, -0.05) is 6.07 Å². The Morgan fingerprint density at radius 2 is 1.76 bits per heavy atom. The van der Waals surface area contributed by atoms with Crippen LogP contribution in [-0.4, -0.2) is 38.4 Å². The molecule has 0 radical (unpaired) electrons. The third-order valence-corrected chi connectivity index (χ3v) is 4.84. The molecular formula is C22H26N2O5. The van der Waals surface area contributed by atoms with E-state index in [2.05, 4.69) is 24.1 Å². The molecule has 0 saturated carbocycles. The van der Waals surface area contributed by atoms with E-state index in [1.807, 2.05) is 37.3 Å². The largest absolute Gasteiger partial charge is 0.454 e. The predicted molar refractivity (Wildman–Crippen MR) is 109 cm³/mol. The number of ether oxygens (including phenoxy) is 3. The van der Waals surface area contributed by atoms with Crippen LogP contribution in [0.25, 0.3) is 0 Å². The Balaban J connectivity index is 1.50. The van der Waals surface area contributed by atoms with Crippen molar-refractivity contribution in [3.8, 4) is 11.5 Å². The van der Waals surface area contributed by atoms with Gasteiger partial charge in [-0.05, 0) is 62.7 Å². The number of carbonyl (C=O) groups is 2. The van der Waals surface area contributed by atoms with E-state index in [4.69, 9.17) is 14.2 Å². The summed E-state index contributed by atoms with van der Waals surface area (Å²) in [6.07, 6.45) is 0. The van der Waals surface area contributed by atoms with Crippen LogP contribution in [0.3, 0.4) is 0 Å². The number of fused-ring (bicyclic) bond motifs is 1. The van der Waals surface area contributed by atoms with Crippen molar-refractivity contribution < 1.29 is 23.8 Å². The molecule has 1 aliphatic heterocycles. The lowest BCUT2D eigenvalue weighted by Gasteiger charge is -2.21. The second kappa shape index (κ2) is 9.32. The van der Waals surface area contributed by atoms with E-state index >= 15 is 0 Å². The lowest BCUT2D eigenvalue weighted by Crippen LogP contribution is -2.31. The Labute approximate surface area is 170 Å². The molecule has 7 heteroatoms. The Morgan fingerprint density at radius 1 is 1.07 bits per heavy atom. The standard InChI is InChI=1S/C22H26N2O5/c1-4-24(5-2)18-9-6-16(7-10-18)22(26)27-13-21(25)23-15(3)17-8-11-19-20(12-17)29-14-28-19/h6-12,15H,4-5,13-14H2,1-3H3,(H,23,25)/t15-/m1/s1. The van der Waals surface area contributed by atoms with Gasteiger partial charge in [-0.15, -0.1) is 0 Å². The lowest BCUT2D eigenvalue weighted by molar-refractivity contribution is -0.124. The van der Waals surface area contributed by atoms with Crippen LogP contribution in [0.2, 0.25) is 0 Å². The SMILES string of the molecule is CCN(CC)c1ccc(C(=O)OCC(=O)N[C@H](C)c2ccc3c(c2)OCO3)cc1. The van der Waals surface area contributed by atoms with Crippen molar-refractivity contribution in [3.63, 3.8) is 0 Å². The summed E-state index contributed by atoms with van der Waals surface area (Å²) in [7, 11) is 0. The first-order valence-electron chi connectivity index (χ1n) is 9.72. The van der Waals surface area contributed by atoms with Crippen molar-refractivity contribution in [2.75, 3.05) is 31.4 Å². The van der Waals surface area contributed by atoms with Gasteiger partial charge in [0.25, 0.3) is 5.91 Å². The summed E-state index contributed by atoms with van der Waals surface area (Å²) in [5.74, 6) is 0.446. The minimum atomic E-state index is -0.526. The molecule has 1 aliphatic rings. The van der Waals surface area contributed by atoms with Gasteiger partial charge in [0.05, 0.1) is 11.6 Å². The zero-order chi connectivity index (χ0) is 20.8. The number of anilines is 1. The van der Waals surface area contributed by atoms with Gasteiger partial charge in [0.15, 0.2) is 18.1 Å². The molecule has 0 unspecified atom stereocenters. The number of benzene rings is 2. The highest BCUT2D eigenvalue weighted by Gasteiger charge is 2.18. The molecule has 154 valence electrons. The van der Waals surface area contributed by atoms with E-state index in [1.54, 1.807) is 12.1 Å². The molecule has 29 heavy (non-hydrogen) atoms. The average Bonchev–Trinajstić information content (AvgIpc) is 3.21. The number of esters is 1. The van der Waals surface area contributed by atoms with Crippen molar-refractivity contribution >= 4 is 17.6 Å². The van der Waals surface area contributed by atoms with Crippen LogP contribution in [0, 0.1) is 0 Å². The minimum Gasteiger partial charge on any atom is -0.454 e. The molecule has 0 aliphatic carbocycles. The van der Waals surface area contributed by atoms with Crippen molar-refractivity contribution in [2.45, 2.75) is 26.8 Å². The molecule has 0 spiro atoms. The molecule has 1 amide bonds. The minimum absolute atomic E-state index is 0.200. The van der Waals surface area contributed by atoms with Crippen molar-refractivity contribution in [1.29, 1.82) is 0 Å². The molecule has 0 fully saturated rings. The second-order valence-corrected chi connectivity index (χ2v) is 6.70. The molecule has 3 rings (SSSR count). The summed E-state index contributed by atoms with van der Waals surface area (Å²) in [6, 6.07) is 12.4. The molecule has 0 bridgehead atoms. The lowest BCUT2D eigenvalue weighted by atomic mass is 10.1. The number of nitrogens with one attached hydrogen (secondary N) is 1. The zero-order valence-electron chi connectivity index (χ0n) is 16.9. The van der Waals surface area contributed by atoms with Gasteiger partial charge in [0, 0.05) is 18.8 Å². The number of amides is 1. The van der Waals surface area contributed by atoms with Crippen molar-refractivity contribution in [2.24, 2.45) is 0 Å². The summed E-state index contributed by atoms with van der Waals surface area (Å²) in [5, 5.41) is 2.81. The quantitative estimate of drug-likeness (QED) is 0.688. The second-order valence-electron chi connectivity index (χ2n) is 6.70. The maximum Gasteiger partial charge on any atom is 0.338 e. The summed E-state index contributed by atoms with van der Waals surface area (Å²) in [4.78, 5) is 26.6. The van der Waals surface area contributed by atoms with E-state index < -0.39 is 5.97 Å². The summed E-state index contributed by atoms with van der Waals surface area (Å²) < 4.78 is 15.8. The van der Waals surface area contributed by atoms with Crippen molar-refractivity contribution in [1.82, 2.24) is 5.32 Å². The zero-order valence-corrected chi connectivity index (χ0v) is 16.9. The first kappa shape index (κ1) is 20.5. The Morgan fingerprint density at radius 3 is 2.45 bits per heavy atom. The number of nitrogens with zero attached hydrogens (tertiary/aromatic N) is 1. The number of rotatable bonds is 8. The van der Waals surface area contributed by atoms with Crippen LogP contribution in [0.5, 0.6) is 11.5 Å². The molecule has 7 nitrogen and oxygen atoms in total. The fraction of sp³-hybridized carbons (Fsp3) is 0.364. The number of hydrogen-bond acceptors (Lipinski definition) is 6. The molecular weight excluding hydrogens is 372 g/mol. The summed E-state index contributed by atoms with van der Waals surface area (Å²) in [5.41, 5.74) is 2.33. The molecule has 2 aromatic rings. The van der Waals surface area contributed by atoms with Crippen LogP contribution in [0.4, 0.5) is 5.69 Å². The fourth-order valence-corrected chi connectivity index (χ4v) is 3.16. The molecule has 1 heterocycles. The van der Waals surface area contributed by atoms with Gasteiger partial charge in [0.1, 0.15) is 0 Å². The first-order valence-corrected chi connectivity index (χ1v) is 9.72. The van der Waals surface area contributed by atoms with Gasteiger partial charge in [0.2, 0.25) is 6.79 Å². The summed E-state index contributed by atoms with van der Waals surface area (Å²) >= 11 is 0.